The zero-order chi connectivity index (χ0) is 22.9. The Morgan fingerprint density at radius 1 is 0.750 bits per heavy atom. The lowest BCUT2D eigenvalue weighted by Crippen LogP contribution is -2.11. The van der Waals surface area contributed by atoms with Gasteiger partial charge in [0.2, 0.25) is 0 Å². The Hall–Kier alpha value is -3.60. The molecule has 166 valence electrons. The van der Waals surface area contributed by atoms with E-state index in [0.29, 0.717) is 40.5 Å². The van der Waals surface area contributed by atoms with Gasteiger partial charge in [-0.15, -0.1) is 0 Å². The maximum absolute atomic E-state index is 12.6. The zero-order valence-electron chi connectivity index (χ0n) is 18.7. The maximum Gasteiger partial charge on any atom is 0.343 e. The molecule has 0 aliphatic heterocycles. The van der Waals surface area contributed by atoms with Crippen LogP contribution in [0.15, 0.2) is 66.7 Å². The summed E-state index contributed by atoms with van der Waals surface area (Å²) in [5.74, 6) is 0.523. The smallest absolute Gasteiger partial charge is 0.343 e. The van der Waals surface area contributed by atoms with E-state index in [0.717, 1.165) is 24.8 Å². The highest BCUT2D eigenvalue weighted by atomic mass is 16.5. The summed E-state index contributed by atoms with van der Waals surface area (Å²) >= 11 is 0. The zero-order valence-corrected chi connectivity index (χ0v) is 18.7. The van der Waals surface area contributed by atoms with Crippen molar-refractivity contribution < 1.29 is 23.8 Å². The number of hydrogen-bond donors (Lipinski definition) is 0. The summed E-state index contributed by atoms with van der Waals surface area (Å²) in [5.41, 5.74) is 2.70. The quantitative estimate of drug-likeness (QED) is 0.299. The summed E-state index contributed by atoms with van der Waals surface area (Å²) < 4.78 is 16.6. The van der Waals surface area contributed by atoms with Crippen LogP contribution in [0.4, 0.5) is 0 Å². The van der Waals surface area contributed by atoms with Crippen LogP contribution < -0.4 is 14.2 Å². The minimum absolute atomic E-state index is 0.392. The Morgan fingerprint density at radius 2 is 1.47 bits per heavy atom. The summed E-state index contributed by atoms with van der Waals surface area (Å²) in [6.07, 6.45) is 2.80. The molecule has 0 atom stereocenters. The van der Waals surface area contributed by atoms with Gasteiger partial charge in [0.25, 0.3) is 0 Å². The third-order valence-corrected chi connectivity index (χ3v) is 4.80. The number of carbonyl (C=O) groups excluding carboxylic acids is 2. The van der Waals surface area contributed by atoms with E-state index in [4.69, 9.17) is 14.2 Å². The number of benzene rings is 3. The van der Waals surface area contributed by atoms with Gasteiger partial charge in [-0.1, -0.05) is 38.5 Å². The third kappa shape index (κ3) is 6.20. The average Bonchev–Trinajstić information content (AvgIpc) is 2.80. The first kappa shape index (κ1) is 23.1. The molecular formula is C27H28O5. The monoisotopic (exact) mass is 432 g/mol. The molecule has 0 saturated carbocycles. The molecule has 0 heterocycles. The standard InChI is InChI=1S/C27H28O5/c1-4-8-20-9-6-10-21(17-20)26(28)31-24-13-14-25(19(3)16-24)32-27(29)22-11-7-12-23(18-22)30-15-5-2/h6-7,9-14,16-18H,4-5,8,15H2,1-3H3. The van der Waals surface area contributed by atoms with Crippen molar-refractivity contribution in [2.45, 2.75) is 40.0 Å². The van der Waals surface area contributed by atoms with Gasteiger partial charge in [-0.3, -0.25) is 0 Å². The number of hydrogen-bond acceptors (Lipinski definition) is 5. The van der Waals surface area contributed by atoms with Crippen molar-refractivity contribution >= 4 is 11.9 Å². The van der Waals surface area contributed by atoms with Gasteiger partial charge in [-0.2, -0.15) is 0 Å². The Kier molecular flexibility index (Phi) is 8.03. The highest BCUT2D eigenvalue weighted by Gasteiger charge is 2.14. The van der Waals surface area contributed by atoms with Crippen molar-refractivity contribution in [1.29, 1.82) is 0 Å². The van der Waals surface area contributed by atoms with Gasteiger partial charge < -0.3 is 14.2 Å². The molecule has 0 bridgehead atoms. The fourth-order valence-electron chi connectivity index (χ4n) is 3.20. The molecule has 3 aromatic rings. The Bertz CT molecular complexity index is 1090. The van der Waals surface area contributed by atoms with Crippen LogP contribution in [0.3, 0.4) is 0 Å². The van der Waals surface area contributed by atoms with Crippen LogP contribution in [0.25, 0.3) is 0 Å². The van der Waals surface area contributed by atoms with Crippen molar-refractivity contribution in [3.8, 4) is 17.2 Å². The average molecular weight is 433 g/mol. The van der Waals surface area contributed by atoms with Crippen molar-refractivity contribution in [1.82, 2.24) is 0 Å². The van der Waals surface area contributed by atoms with Gasteiger partial charge in [-0.05, 0) is 79.4 Å². The largest absolute Gasteiger partial charge is 0.494 e. The van der Waals surface area contributed by atoms with Crippen molar-refractivity contribution in [3.63, 3.8) is 0 Å². The number of esters is 2. The van der Waals surface area contributed by atoms with Gasteiger partial charge in [-0.25, -0.2) is 9.59 Å². The molecule has 3 rings (SSSR count). The first-order chi connectivity index (χ1) is 15.5. The van der Waals surface area contributed by atoms with Crippen LogP contribution in [0, 0.1) is 6.92 Å². The fourth-order valence-corrected chi connectivity index (χ4v) is 3.20. The van der Waals surface area contributed by atoms with E-state index in [-0.39, 0.29) is 0 Å². The van der Waals surface area contributed by atoms with Gasteiger partial charge >= 0.3 is 11.9 Å². The number of aryl methyl sites for hydroxylation is 2. The predicted octanol–water partition coefficient (Wildman–Crippen LogP) is 6.17. The minimum Gasteiger partial charge on any atom is -0.494 e. The Labute approximate surface area is 188 Å². The molecule has 0 aliphatic carbocycles. The van der Waals surface area contributed by atoms with E-state index in [1.165, 1.54) is 0 Å². The van der Waals surface area contributed by atoms with E-state index in [9.17, 15) is 9.59 Å². The van der Waals surface area contributed by atoms with E-state index >= 15 is 0 Å². The summed E-state index contributed by atoms with van der Waals surface area (Å²) in [6.45, 7) is 6.49. The minimum atomic E-state index is -0.479. The van der Waals surface area contributed by atoms with Gasteiger partial charge in [0.15, 0.2) is 0 Å². The molecule has 0 unspecified atom stereocenters. The molecule has 0 N–H and O–H groups in total. The lowest BCUT2D eigenvalue weighted by molar-refractivity contribution is 0.0718. The molecule has 0 saturated heterocycles. The number of carbonyl (C=O) groups is 2. The Balaban J connectivity index is 1.67. The lowest BCUT2D eigenvalue weighted by Gasteiger charge is -2.11. The molecule has 32 heavy (non-hydrogen) atoms. The molecule has 0 radical (unpaired) electrons. The molecule has 0 spiro atoms. The van der Waals surface area contributed by atoms with Crippen LogP contribution in [-0.4, -0.2) is 18.5 Å². The molecule has 5 heteroatoms. The summed E-state index contributed by atoms with van der Waals surface area (Å²) in [7, 11) is 0. The summed E-state index contributed by atoms with van der Waals surface area (Å²) in [4.78, 5) is 25.1. The van der Waals surface area contributed by atoms with Crippen molar-refractivity contribution in [3.05, 3.63) is 89.0 Å². The van der Waals surface area contributed by atoms with Crippen LogP contribution in [-0.2, 0) is 6.42 Å². The number of rotatable bonds is 9. The van der Waals surface area contributed by atoms with Gasteiger partial charge in [0.1, 0.15) is 17.2 Å². The maximum atomic E-state index is 12.6. The van der Waals surface area contributed by atoms with Gasteiger partial charge in [0.05, 0.1) is 17.7 Å². The molecule has 0 amide bonds. The molecular weight excluding hydrogens is 404 g/mol. The lowest BCUT2D eigenvalue weighted by atomic mass is 10.1. The normalized spacial score (nSPS) is 10.5. The van der Waals surface area contributed by atoms with E-state index < -0.39 is 11.9 Å². The molecule has 0 aliphatic rings. The molecule has 5 nitrogen and oxygen atoms in total. The highest BCUT2D eigenvalue weighted by molar-refractivity contribution is 5.92. The topological polar surface area (TPSA) is 61.8 Å². The van der Waals surface area contributed by atoms with E-state index in [1.54, 1.807) is 55.5 Å². The third-order valence-electron chi connectivity index (χ3n) is 4.80. The van der Waals surface area contributed by atoms with Crippen LogP contribution in [0.1, 0.15) is 58.5 Å². The second kappa shape index (κ2) is 11.1. The van der Waals surface area contributed by atoms with Crippen molar-refractivity contribution in [2.24, 2.45) is 0 Å². The van der Waals surface area contributed by atoms with Gasteiger partial charge in [0, 0.05) is 0 Å². The molecule has 0 aromatic heterocycles. The summed E-state index contributed by atoms with van der Waals surface area (Å²) in [5, 5.41) is 0. The van der Waals surface area contributed by atoms with Crippen LogP contribution in [0.2, 0.25) is 0 Å². The second-order valence-electron chi connectivity index (χ2n) is 7.53. The van der Waals surface area contributed by atoms with E-state index in [1.807, 2.05) is 25.1 Å². The fraction of sp³-hybridized carbons (Fsp3) is 0.259. The number of ether oxygens (including phenoxy) is 3. The molecule has 3 aromatic carbocycles. The summed E-state index contributed by atoms with van der Waals surface area (Å²) in [6, 6.07) is 19.3. The SMILES string of the molecule is CCCOc1cccc(C(=O)Oc2ccc(OC(=O)c3cccc(CCC)c3)cc2C)c1. The highest BCUT2D eigenvalue weighted by Crippen LogP contribution is 2.25. The predicted molar refractivity (Wildman–Crippen MR) is 124 cm³/mol. The van der Waals surface area contributed by atoms with Crippen LogP contribution in [0.5, 0.6) is 17.2 Å². The van der Waals surface area contributed by atoms with Crippen LogP contribution >= 0.6 is 0 Å². The Morgan fingerprint density at radius 3 is 2.19 bits per heavy atom. The molecule has 0 fully saturated rings. The first-order valence-corrected chi connectivity index (χ1v) is 10.9. The van der Waals surface area contributed by atoms with E-state index in [2.05, 4.69) is 6.92 Å². The first-order valence-electron chi connectivity index (χ1n) is 10.9. The second-order valence-corrected chi connectivity index (χ2v) is 7.53. The van der Waals surface area contributed by atoms with Crippen molar-refractivity contribution in [2.75, 3.05) is 6.61 Å².